The number of carbonyl (C=O) groups is 1. The number of halogens is 3. The van der Waals surface area contributed by atoms with Crippen molar-refractivity contribution in [2.24, 2.45) is 9.98 Å². The zero-order valence-corrected chi connectivity index (χ0v) is 25.9. The topological polar surface area (TPSA) is 91.1 Å². The van der Waals surface area contributed by atoms with E-state index in [1.165, 1.54) is 18.2 Å². The van der Waals surface area contributed by atoms with Crippen LogP contribution < -0.4 is 10.2 Å². The Labute approximate surface area is 275 Å². The van der Waals surface area contributed by atoms with E-state index >= 15 is 0 Å². The molecule has 4 aromatic rings. The number of hydrogen-bond acceptors (Lipinski definition) is 6. The molecule has 1 aliphatic heterocycles. The van der Waals surface area contributed by atoms with E-state index < -0.39 is 23.9 Å². The van der Waals surface area contributed by atoms with E-state index in [1.54, 1.807) is 48.5 Å². The number of hydrogen-bond donors (Lipinski definition) is 0. The summed E-state index contributed by atoms with van der Waals surface area (Å²) in [5.74, 6) is -2.26. The van der Waals surface area contributed by atoms with E-state index in [2.05, 4.69) is 14.9 Å². The number of carboxylic acids is 1. The summed E-state index contributed by atoms with van der Waals surface area (Å²) >= 11 is 13.0. The van der Waals surface area contributed by atoms with Gasteiger partial charge in [-0.15, -0.1) is 0 Å². The van der Waals surface area contributed by atoms with Gasteiger partial charge in [0.05, 0.1) is 23.4 Å². The van der Waals surface area contributed by atoms with Gasteiger partial charge in [-0.3, -0.25) is 14.9 Å². The van der Waals surface area contributed by atoms with E-state index in [0.29, 0.717) is 39.7 Å². The molecule has 1 saturated heterocycles. The van der Waals surface area contributed by atoms with Crippen molar-refractivity contribution in [3.8, 4) is 0 Å². The molecule has 6 nitrogen and oxygen atoms in total. The Morgan fingerprint density at radius 1 is 0.909 bits per heavy atom. The van der Waals surface area contributed by atoms with E-state index in [0.717, 1.165) is 18.5 Å². The van der Waals surface area contributed by atoms with Gasteiger partial charge in [-0.05, 0) is 72.8 Å². The van der Waals surface area contributed by atoms with Crippen LogP contribution in [-0.2, 0) is 34.3 Å². The number of aliphatic imine (C=N–C) groups is 2. The second kappa shape index (κ2) is 15.4. The van der Waals surface area contributed by atoms with Gasteiger partial charge in [0.25, 0.3) is 0 Å². The Balaban J connectivity index is 0.00000442. The summed E-state index contributed by atoms with van der Waals surface area (Å²) < 4.78 is 13.9. The average Bonchev–Trinajstić information content (AvgIpc) is 3.45. The molecule has 1 heterocycles. The van der Waals surface area contributed by atoms with Crippen LogP contribution >= 0.6 is 23.2 Å². The molecule has 0 amide bonds. The number of aliphatic carboxylic acids is 1. The summed E-state index contributed by atoms with van der Waals surface area (Å²) in [5, 5.41) is 26.6. The molecule has 10 heteroatoms. The first kappa shape index (κ1) is 33.3. The smallest absolute Gasteiger partial charge is 0.861 e. The molecule has 0 saturated carbocycles. The van der Waals surface area contributed by atoms with Gasteiger partial charge >= 0.3 is 16.5 Å². The molecule has 228 valence electrons. The van der Waals surface area contributed by atoms with Gasteiger partial charge in [0.1, 0.15) is 5.82 Å². The normalized spacial score (nSPS) is 16.4. The summed E-state index contributed by atoms with van der Waals surface area (Å²) in [6.45, 7) is 1.40. The van der Waals surface area contributed by atoms with Crippen LogP contribution in [0.3, 0.4) is 0 Å². The molecular weight excluding hydrogens is 647 g/mol. The average molecular weight is 675 g/mol. The van der Waals surface area contributed by atoms with E-state index in [4.69, 9.17) is 23.2 Å². The van der Waals surface area contributed by atoms with Gasteiger partial charge < -0.3 is 15.0 Å². The molecular formula is C34H28Cl2FN3NiO3. The number of likely N-dealkylation sites (tertiary alicyclic amines) is 1. The minimum Gasteiger partial charge on any atom is -0.861 e. The van der Waals surface area contributed by atoms with Crippen molar-refractivity contribution in [2.75, 3.05) is 6.54 Å². The van der Waals surface area contributed by atoms with Crippen molar-refractivity contribution in [1.29, 1.82) is 0 Å². The first-order valence-electron chi connectivity index (χ1n) is 13.9. The van der Waals surface area contributed by atoms with Crippen LogP contribution in [0.5, 0.6) is 0 Å². The first-order chi connectivity index (χ1) is 20.8. The van der Waals surface area contributed by atoms with Gasteiger partial charge in [-0.2, -0.15) is 0 Å². The van der Waals surface area contributed by atoms with Crippen molar-refractivity contribution >= 4 is 46.5 Å². The van der Waals surface area contributed by atoms with Crippen LogP contribution in [0, 0.1) is 5.82 Å². The Hall–Kier alpha value is -3.55. The molecule has 0 unspecified atom stereocenters. The van der Waals surface area contributed by atoms with Crippen LogP contribution in [0.1, 0.15) is 35.1 Å². The standard InChI is InChI=1S/C34H30Cl2FN3O3.Ni/c35-24-15-16-29(39-33(41)31-14-7-17-40(31)21-22-8-2-1-3-9-22)27(20-24)32(26-12-4-5-13-28(26)36)38-30(34(42)43)19-23-10-6-11-25(37)18-23;/h1-6,8-13,15-16,18,20,30-31H,7,14,17,19,21H2,(H,39,41)(H,42,43);/q;+2/p-2/t30-,31-;/m0./s1. The van der Waals surface area contributed by atoms with Gasteiger partial charge in [0.15, 0.2) is 0 Å². The molecule has 0 aromatic heterocycles. The molecule has 1 fully saturated rings. The minimum absolute atomic E-state index is 0. The van der Waals surface area contributed by atoms with Crippen molar-refractivity contribution in [1.82, 2.24) is 4.90 Å². The molecule has 0 radical (unpaired) electrons. The largest absolute Gasteiger partial charge is 2.00 e. The van der Waals surface area contributed by atoms with Crippen LogP contribution in [0.25, 0.3) is 0 Å². The predicted octanol–water partition coefficient (Wildman–Crippen LogP) is 5.38. The van der Waals surface area contributed by atoms with Crippen LogP contribution in [-0.4, -0.2) is 41.1 Å². The zero-order chi connectivity index (χ0) is 30.3. The molecule has 0 spiro atoms. The van der Waals surface area contributed by atoms with Crippen LogP contribution in [0.15, 0.2) is 107 Å². The molecule has 4 aromatic carbocycles. The van der Waals surface area contributed by atoms with Crippen LogP contribution in [0.2, 0.25) is 10.0 Å². The van der Waals surface area contributed by atoms with E-state index in [-0.39, 0.29) is 40.2 Å². The van der Waals surface area contributed by atoms with E-state index in [1.807, 2.05) is 30.3 Å². The first-order valence-corrected chi connectivity index (χ1v) is 14.7. The Morgan fingerprint density at radius 2 is 1.64 bits per heavy atom. The Kier molecular flexibility index (Phi) is 11.7. The third-order valence-corrected chi connectivity index (χ3v) is 7.89. The van der Waals surface area contributed by atoms with Crippen molar-refractivity contribution in [2.45, 2.75) is 37.9 Å². The quantitative estimate of drug-likeness (QED) is 0.128. The number of rotatable bonds is 10. The SMILES string of the molecule is O=C([O-])[C@H](Cc1cccc(F)c1)N=C(c1ccccc1Cl)c1cc(Cl)ccc1N=C([O-])[C@@H]1CCCN1Cc1ccccc1.[Ni+2]. The summed E-state index contributed by atoms with van der Waals surface area (Å²) in [5.41, 5.74) is 2.76. The fourth-order valence-electron chi connectivity index (χ4n) is 5.26. The second-order valence-electron chi connectivity index (χ2n) is 10.4. The third kappa shape index (κ3) is 8.33. The number of benzene rings is 4. The molecule has 44 heavy (non-hydrogen) atoms. The van der Waals surface area contributed by atoms with Crippen molar-refractivity contribution < 1.29 is 35.9 Å². The van der Waals surface area contributed by atoms with Gasteiger partial charge in [0, 0.05) is 40.2 Å². The fraction of sp³-hybridized carbons (Fsp3) is 0.206. The monoisotopic (exact) mass is 673 g/mol. The van der Waals surface area contributed by atoms with Gasteiger partial charge in [0.2, 0.25) is 0 Å². The second-order valence-corrected chi connectivity index (χ2v) is 11.2. The zero-order valence-electron chi connectivity index (χ0n) is 23.4. The maximum absolute atomic E-state index is 13.9. The number of carbonyl (C=O) groups excluding carboxylic acids is 1. The summed E-state index contributed by atoms with van der Waals surface area (Å²) in [6.07, 6.45) is 1.41. The molecule has 0 aliphatic carbocycles. The summed E-state index contributed by atoms with van der Waals surface area (Å²) in [6, 6.07) is 25.4. The summed E-state index contributed by atoms with van der Waals surface area (Å²) in [4.78, 5) is 23.5. The number of nitrogens with zero attached hydrogens (tertiary/aromatic N) is 3. The number of carboxylic acid groups (broad SMARTS) is 1. The van der Waals surface area contributed by atoms with Crippen LogP contribution in [0.4, 0.5) is 10.1 Å². The summed E-state index contributed by atoms with van der Waals surface area (Å²) in [7, 11) is 0. The third-order valence-electron chi connectivity index (χ3n) is 7.33. The minimum atomic E-state index is -1.45. The Morgan fingerprint density at radius 3 is 2.36 bits per heavy atom. The molecule has 5 rings (SSSR count). The predicted molar refractivity (Wildman–Crippen MR) is 164 cm³/mol. The van der Waals surface area contributed by atoms with Crippen molar-refractivity contribution in [3.63, 3.8) is 0 Å². The molecule has 1 aliphatic rings. The van der Waals surface area contributed by atoms with Crippen molar-refractivity contribution in [3.05, 3.63) is 135 Å². The maximum atomic E-state index is 13.9. The maximum Gasteiger partial charge on any atom is 2.00 e. The van der Waals surface area contributed by atoms with Gasteiger partial charge in [-0.1, -0.05) is 83.9 Å². The molecule has 0 N–H and O–H groups in total. The van der Waals surface area contributed by atoms with E-state index in [9.17, 15) is 19.4 Å². The fourth-order valence-corrected chi connectivity index (χ4v) is 5.66. The van der Waals surface area contributed by atoms with Gasteiger partial charge in [-0.25, -0.2) is 4.39 Å². The molecule has 0 bridgehead atoms. The Bertz CT molecular complexity index is 1670. The molecule has 2 atom stereocenters.